The largest absolute Gasteiger partial charge is 0.465 e. The molecule has 3 aromatic rings. The quantitative estimate of drug-likeness (QED) is 0.378. The van der Waals surface area contributed by atoms with Crippen LogP contribution in [0.3, 0.4) is 0 Å². The van der Waals surface area contributed by atoms with Gasteiger partial charge in [-0.2, -0.15) is 0 Å². The number of methoxy groups -OCH3 is 1. The molecule has 9 heteroatoms. The first-order chi connectivity index (χ1) is 12.1. The van der Waals surface area contributed by atoms with Gasteiger partial charge in [0.1, 0.15) is 0 Å². The Kier molecular flexibility index (Phi) is 5.05. The number of hydrogen-bond acceptors (Lipinski definition) is 8. The first-order valence-electron chi connectivity index (χ1n) is 7.00. The number of benzene rings is 1. The molecule has 0 saturated heterocycles. The highest BCUT2D eigenvalue weighted by Gasteiger charge is 2.21. The summed E-state index contributed by atoms with van der Waals surface area (Å²) in [5.41, 5.74) is 1.53. The van der Waals surface area contributed by atoms with E-state index in [9.17, 15) is 14.9 Å². The lowest BCUT2D eigenvalue weighted by Crippen LogP contribution is -2.04. The van der Waals surface area contributed by atoms with E-state index in [0.29, 0.717) is 4.34 Å². The maximum Gasteiger partial charge on any atom is 0.339 e. The van der Waals surface area contributed by atoms with Crippen LogP contribution in [0.15, 0.2) is 57.3 Å². The zero-order valence-corrected chi connectivity index (χ0v) is 14.5. The van der Waals surface area contributed by atoms with Crippen molar-refractivity contribution >= 4 is 34.8 Å². The Morgan fingerprint density at radius 2 is 2.08 bits per heavy atom. The Hall–Kier alpha value is -2.78. The van der Waals surface area contributed by atoms with Crippen LogP contribution in [0.1, 0.15) is 10.4 Å². The molecule has 0 radical (unpaired) electrons. The summed E-state index contributed by atoms with van der Waals surface area (Å²) >= 11 is 2.46. The number of nitro groups is 1. The monoisotopic (exact) mass is 373 g/mol. The fourth-order valence-electron chi connectivity index (χ4n) is 2.01. The van der Waals surface area contributed by atoms with Crippen molar-refractivity contribution in [3.8, 4) is 11.3 Å². The van der Waals surface area contributed by atoms with Crippen LogP contribution in [0.5, 0.6) is 0 Å². The molecule has 3 rings (SSSR count). The number of esters is 1. The third-order valence-corrected chi connectivity index (χ3v) is 5.13. The molecule has 0 atom stereocenters. The third-order valence-electron chi connectivity index (χ3n) is 3.19. The lowest BCUT2D eigenvalue weighted by Gasteiger charge is -2.02. The number of carbonyl (C=O) groups is 1. The van der Waals surface area contributed by atoms with Gasteiger partial charge in [-0.3, -0.25) is 10.1 Å². The lowest BCUT2D eigenvalue weighted by atomic mass is 10.2. The Bertz CT molecular complexity index is 928. The Morgan fingerprint density at radius 3 is 2.76 bits per heavy atom. The SMILES string of the molecule is COC(=O)c1cnc(Sc2nc(-c3ccccc3)cs2)c([N+](=O)[O-])c1. The van der Waals surface area contributed by atoms with Gasteiger partial charge in [0, 0.05) is 23.2 Å². The molecular formula is C16H11N3O4S2. The van der Waals surface area contributed by atoms with Gasteiger partial charge in [0.25, 0.3) is 0 Å². The molecule has 7 nitrogen and oxygen atoms in total. The molecule has 126 valence electrons. The first-order valence-corrected chi connectivity index (χ1v) is 8.69. The standard InChI is InChI=1S/C16H11N3O4S2/c1-23-15(20)11-7-13(19(21)22)14(17-8-11)25-16-18-12(9-24-16)10-5-3-2-4-6-10/h2-9H,1H3. The summed E-state index contributed by atoms with van der Waals surface area (Å²) in [5, 5.41) is 13.3. The van der Waals surface area contributed by atoms with Crippen LogP contribution >= 0.6 is 23.1 Å². The van der Waals surface area contributed by atoms with Gasteiger partial charge in [-0.05, 0) is 11.8 Å². The summed E-state index contributed by atoms with van der Waals surface area (Å²) in [6, 6.07) is 10.8. The zero-order valence-electron chi connectivity index (χ0n) is 12.9. The summed E-state index contributed by atoms with van der Waals surface area (Å²) in [7, 11) is 1.21. The van der Waals surface area contributed by atoms with Crippen molar-refractivity contribution in [2.75, 3.05) is 7.11 Å². The Balaban J connectivity index is 1.89. The van der Waals surface area contributed by atoms with Crippen LogP contribution in [0, 0.1) is 10.1 Å². The van der Waals surface area contributed by atoms with Gasteiger partial charge < -0.3 is 4.74 Å². The predicted molar refractivity (Wildman–Crippen MR) is 93.9 cm³/mol. The number of ether oxygens (including phenoxy) is 1. The van der Waals surface area contributed by atoms with Crippen molar-refractivity contribution < 1.29 is 14.5 Å². The number of pyridine rings is 1. The molecular weight excluding hydrogens is 362 g/mol. The maximum absolute atomic E-state index is 11.5. The minimum atomic E-state index is -0.673. The van der Waals surface area contributed by atoms with Gasteiger partial charge >= 0.3 is 11.7 Å². The Labute approximate surface area is 150 Å². The summed E-state index contributed by atoms with van der Waals surface area (Å²) in [5.74, 6) is -0.673. The summed E-state index contributed by atoms with van der Waals surface area (Å²) < 4.78 is 5.19. The van der Waals surface area contributed by atoms with E-state index in [-0.39, 0.29) is 16.3 Å². The molecule has 2 aromatic heterocycles. The van der Waals surface area contributed by atoms with Crippen LogP contribution in [-0.2, 0) is 4.74 Å². The van der Waals surface area contributed by atoms with E-state index in [1.54, 1.807) is 0 Å². The molecule has 0 saturated carbocycles. The maximum atomic E-state index is 11.5. The lowest BCUT2D eigenvalue weighted by molar-refractivity contribution is -0.388. The highest BCUT2D eigenvalue weighted by Crippen LogP contribution is 2.36. The number of aromatic nitrogens is 2. The summed E-state index contributed by atoms with van der Waals surface area (Å²) in [6.45, 7) is 0. The summed E-state index contributed by atoms with van der Waals surface area (Å²) in [6.07, 6.45) is 1.26. The first kappa shape index (κ1) is 17.1. The van der Waals surface area contributed by atoms with Crippen molar-refractivity contribution in [1.29, 1.82) is 0 Å². The second-order valence-electron chi connectivity index (χ2n) is 4.76. The van der Waals surface area contributed by atoms with Crippen LogP contribution in [0.2, 0.25) is 0 Å². The van der Waals surface area contributed by atoms with Crippen LogP contribution in [-0.4, -0.2) is 28.0 Å². The predicted octanol–water partition coefficient (Wildman–Crippen LogP) is 4.05. The van der Waals surface area contributed by atoms with E-state index >= 15 is 0 Å². The average Bonchev–Trinajstić information content (AvgIpc) is 3.10. The van der Waals surface area contributed by atoms with E-state index in [1.165, 1.54) is 24.6 Å². The molecule has 0 unspecified atom stereocenters. The fraction of sp³-hybridized carbons (Fsp3) is 0.0625. The van der Waals surface area contributed by atoms with Crippen molar-refractivity contribution in [3.63, 3.8) is 0 Å². The molecule has 0 amide bonds. The highest BCUT2D eigenvalue weighted by atomic mass is 32.2. The van der Waals surface area contributed by atoms with Gasteiger partial charge in [-0.25, -0.2) is 14.8 Å². The highest BCUT2D eigenvalue weighted by molar-refractivity contribution is 8.01. The number of thiazole rings is 1. The van der Waals surface area contributed by atoms with E-state index in [2.05, 4.69) is 14.7 Å². The average molecular weight is 373 g/mol. The van der Waals surface area contributed by atoms with Crippen LogP contribution in [0.25, 0.3) is 11.3 Å². The smallest absolute Gasteiger partial charge is 0.339 e. The molecule has 0 aliphatic carbocycles. The van der Waals surface area contributed by atoms with Gasteiger partial charge in [-0.15, -0.1) is 11.3 Å². The number of nitrogens with zero attached hydrogens (tertiary/aromatic N) is 3. The fourth-order valence-corrected chi connectivity index (χ4v) is 3.79. The van der Waals surface area contributed by atoms with Crippen molar-refractivity contribution in [3.05, 3.63) is 63.7 Å². The Morgan fingerprint density at radius 1 is 1.32 bits per heavy atom. The molecule has 0 fully saturated rings. The zero-order chi connectivity index (χ0) is 17.8. The van der Waals surface area contributed by atoms with Crippen molar-refractivity contribution in [1.82, 2.24) is 9.97 Å². The topological polar surface area (TPSA) is 95.2 Å². The molecule has 0 aliphatic heterocycles. The van der Waals surface area contributed by atoms with E-state index in [1.807, 2.05) is 35.7 Å². The van der Waals surface area contributed by atoms with Gasteiger partial charge in [-0.1, -0.05) is 30.3 Å². The molecule has 2 heterocycles. The van der Waals surface area contributed by atoms with Crippen LogP contribution in [0.4, 0.5) is 5.69 Å². The molecule has 1 aromatic carbocycles. The summed E-state index contributed by atoms with van der Waals surface area (Å²) in [4.78, 5) is 30.7. The molecule has 0 bridgehead atoms. The minimum Gasteiger partial charge on any atom is -0.465 e. The van der Waals surface area contributed by atoms with Gasteiger partial charge in [0.05, 0.1) is 23.3 Å². The molecule has 0 spiro atoms. The molecule has 0 N–H and O–H groups in total. The number of rotatable bonds is 5. The second-order valence-corrected chi connectivity index (χ2v) is 6.86. The van der Waals surface area contributed by atoms with Crippen molar-refractivity contribution in [2.45, 2.75) is 9.37 Å². The van der Waals surface area contributed by atoms with Crippen LogP contribution < -0.4 is 0 Å². The van der Waals surface area contributed by atoms with Crippen molar-refractivity contribution in [2.24, 2.45) is 0 Å². The number of hydrogen-bond donors (Lipinski definition) is 0. The van der Waals surface area contributed by atoms with Gasteiger partial charge in [0.15, 0.2) is 9.37 Å². The normalized spacial score (nSPS) is 10.4. The van der Waals surface area contributed by atoms with E-state index < -0.39 is 10.9 Å². The second kappa shape index (κ2) is 7.41. The minimum absolute atomic E-state index is 0.0302. The molecule has 0 aliphatic rings. The van der Waals surface area contributed by atoms with E-state index in [0.717, 1.165) is 29.1 Å². The van der Waals surface area contributed by atoms with E-state index in [4.69, 9.17) is 0 Å². The third kappa shape index (κ3) is 3.83. The number of carbonyl (C=O) groups excluding carboxylic acids is 1. The molecule has 25 heavy (non-hydrogen) atoms. The van der Waals surface area contributed by atoms with Gasteiger partial charge in [0.2, 0.25) is 0 Å².